The normalized spacial score (nSPS) is 10.1. The Labute approximate surface area is 105 Å². The molecule has 6 heteroatoms. The van der Waals surface area contributed by atoms with Crippen molar-refractivity contribution in [1.82, 2.24) is 9.97 Å². The van der Waals surface area contributed by atoms with E-state index in [0.717, 1.165) is 9.48 Å². The summed E-state index contributed by atoms with van der Waals surface area (Å²) in [6.07, 6.45) is 4.83. The molecule has 0 aliphatic rings. The van der Waals surface area contributed by atoms with Gasteiger partial charge in [-0.05, 0) is 28.9 Å². The van der Waals surface area contributed by atoms with Crippen LogP contribution in [0.1, 0.15) is 14.7 Å². The second-order valence-electron chi connectivity index (χ2n) is 3.05. The maximum absolute atomic E-state index is 11.8. The van der Waals surface area contributed by atoms with E-state index in [1.807, 2.05) is 6.92 Å². The summed E-state index contributed by atoms with van der Waals surface area (Å²) in [4.78, 5) is 20.4. The van der Waals surface area contributed by atoms with Gasteiger partial charge in [-0.25, -0.2) is 4.98 Å². The first-order chi connectivity index (χ1) is 7.66. The van der Waals surface area contributed by atoms with Crippen LogP contribution in [-0.4, -0.2) is 15.9 Å². The second kappa shape index (κ2) is 4.71. The molecular formula is C10H8BrN3OS. The van der Waals surface area contributed by atoms with E-state index in [4.69, 9.17) is 0 Å². The molecule has 1 N–H and O–H groups in total. The lowest BCUT2D eigenvalue weighted by molar-refractivity contribution is 0.103. The molecule has 0 atom stereocenters. The minimum Gasteiger partial charge on any atom is -0.320 e. The quantitative estimate of drug-likeness (QED) is 0.927. The van der Waals surface area contributed by atoms with E-state index >= 15 is 0 Å². The smallest absolute Gasteiger partial charge is 0.267 e. The van der Waals surface area contributed by atoms with Crippen molar-refractivity contribution in [3.63, 3.8) is 0 Å². The number of carbonyl (C=O) groups excluding carboxylic acids is 1. The maximum atomic E-state index is 11.8. The van der Waals surface area contributed by atoms with Gasteiger partial charge in [0, 0.05) is 12.4 Å². The van der Waals surface area contributed by atoms with Crippen molar-refractivity contribution in [3.8, 4) is 0 Å². The molecule has 0 saturated heterocycles. The number of halogens is 1. The van der Waals surface area contributed by atoms with Crippen LogP contribution in [0.25, 0.3) is 0 Å². The third kappa shape index (κ3) is 2.45. The van der Waals surface area contributed by atoms with E-state index in [9.17, 15) is 4.79 Å². The minimum atomic E-state index is -0.155. The number of anilines is 1. The van der Waals surface area contributed by atoms with Crippen LogP contribution >= 0.6 is 27.3 Å². The zero-order chi connectivity index (χ0) is 11.5. The van der Waals surface area contributed by atoms with Crippen molar-refractivity contribution in [2.24, 2.45) is 0 Å². The van der Waals surface area contributed by atoms with Gasteiger partial charge in [0.05, 0.1) is 21.4 Å². The molecule has 0 aliphatic carbocycles. The van der Waals surface area contributed by atoms with Gasteiger partial charge in [0.1, 0.15) is 4.88 Å². The number of aryl methyl sites for hydroxylation is 1. The van der Waals surface area contributed by atoms with Crippen LogP contribution in [0.5, 0.6) is 0 Å². The second-order valence-corrected chi connectivity index (χ2v) is 5.14. The highest BCUT2D eigenvalue weighted by molar-refractivity contribution is 9.10. The van der Waals surface area contributed by atoms with Crippen LogP contribution in [0.15, 0.2) is 29.1 Å². The molecule has 16 heavy (non-hydrogen) atoms. The maximum Gasteiger partial charge on any atom is 0.267 e. The molecule has 2 rings (SSSR count). The highest BCUT2D eigenvalue weighted by atomic mass is 79.9. The van der Waals surface area contributed by atoms with Crippen molar-refractivity contribution < 1.29 is 4.79 Å². The summed E-state index contributed by atoms with van der Waals surface area (Å²) in [6, 6.07) is 1.73. The number of rotatable bonds is 2. The van der Waals surface area contributed by atoms with E-state index in [-0.39, 0.29) is 5.91 Å². The standard InChI is InChI=1S/C10H8BrN3OS/c1-6-13-5-9(16-6)10(15)14-8-2-3-12-4-7(8)11/h2-5H,1H3,(H,12,14,15). The van der Waals surface area contributed by atoms with E-state index < -0.39 is 0 Å². The zero-order valence-electron chi connectivity index (χ0n) is 8.40. The Kier molecular flexibility index (Phi) is 3.31. The van der Waals surface area contributed by atoms with E-state index in [0.29, 0.717) is 10.6 Å². The Morgan fingerprint density at radius 1 is 1.50 bits per heavy atom. The van der Waals surface area contributed by atoms with Gasteiger partial charge in [0.15, 0.2) is 0 Å². The fourth-order valence-electron chi connectivity index (χ4n) is 1.13. The Morgan fingerprint density at radius 3 is 2.94 bits per heavy atom. The molecule has 0 aromatic carbocycles. The zero-order valence-corrected chi connectivity index (χ0v) is 10.8. The molecule has 0 bridgehead atoms. The van der Waals surface area contributed by atoms with Crippen LogP contribution in [0, 0.1) is 6.92 Å². The van der Waals surface area contributed by atoms with Crippen molar-refractivity contribution >= 4 is 38.9 Å². The lowest BCUT2D eigenvalue weighted by atomic mass is 10.4. The summed E-state index contributed by atoms with van der Waals surface area (Å²) in [5.41, 5.74) is 0.700. The van der Waals surface area contributed by atoms with Crippen molar-refractivity contribution in [3.05, 3.63) is 39.0 Å². The van der Waals surface area contributed by atoms with Crippen molar-refractivity contribution in [2.75, 3.05) is 5.32 Å². The summed E-state index contributed by atoms with van der Waals surface area (Å²) in [7, 11) is 0. The lowest BCUT2D eigenvalue weighted by Crippen LogP contribution is -2.10. The third-order valence-corrected chi connectivity index (χ3v) is 3.41. The van der Waals surface area contributed by atoms with Crippen LogP contribution in [0.2, 0.25) is 0 Å². The van der Waals surface area contributed by atoms with E-state index in [1.54, 1.807) is 24.7 Å². The van der Waals surface area contributed by atoms with Gasteiger partial charge >= 0.3 is 0 Å². The summed E-state index contributed by atoms with van der Waals surface area (Å²) in [6.45, 7) is 1.86. The Balaban J connectivity index is 2.17. The molecule has 0 unspecified atom stereocenters. The van der Waals surface area contributed by atoms with Gasteiger partial charge in [-0.15, -0.1) is 11.3 Å². The largest absolute Gasteiger partial charge is 0.320 e. The molecule has 4 nitrogen and oxygen atoms in total. The number of hydrogen-bond acceptors (Lipinski definition) is 4. The highest BCUT2D eigenvalue weighted by Crippen LogP contribution is 2.21. The Morgan fingerprint density at radius 2 is 2.31 bits per heavy atom. The number of pyridine rings is 1. The summed E-state index contributed by atoms with van der Waals surface area (Å²) < 4.78 is 0.754. The van der Waals surface area contributed by atoms with Gasteiger partial charge in [0.25, 0.3) is 5.91 Å². The fourth-order valence-corrected chi connectivity index (χ4v) is 2.15. The molecular weight excluding hydrogens is 290 g/mol. The number of nitrogens with zero attached hydrogens (tertiary/aromatic N) is 2. The molecule has 2 aromatic rings. The molecule has 0 aliphatic heterocycles. The lowest BCUT2D eigenvalue weighted by Gasteiger charge is -2.04. The first-order valence-corrected chi connectivity index (χ1v) is 6.11. The topological polar surface area (TPSA) is 54.9 Å². The van der Waals surface area contributed by atoms with Crippen LogP contribution in [-0.2, 0) is 0 Å². The number of aromatic nitrogens is 2. The first kappa shape index (κ1) is 11.2. The number of thiazole rings is 1. The highest BCUT2D eigenvalue weighted by Gasteiger charge is 2.10. The number of amides is 1. The van der Waals surface area contributed by atoms with E-state index in [2.05, 4.69) is 31.2 Å². The summed E-state index contributed by atoms with van der Waals surface area (Å²) in [5, 5.41) is 3.66. The van der Waals surface area contributed by atoms with Crippen LogP contribution in [0.4, 0.5) is 5.69 Å². The monoisotopic (exact) mass is 297 g/mol. The van der Waals surface area contributed by atoms with Gasteiger partial charge in [-0.3, -0.25) is 9.78 Å². The average Bonchev–Trinajstić information content (AvgIpc) is 2.68. The molecule has 0 fully saturated rings. The van der Waals surface area contributed by atoms with E-state index in [1.165, 1.54) is 11.3 Å². The molecule has 82 valence electrons. The molecule has 0 spiro atoms. The average molecular weight is 298 g/mol. The molecule has 0 radical (unpaired) electrons. The third-order valence-electron chi connectivity index (χ3n) is 1.87. The van der Waals surface area contributed by atoms with Crippen LogP contribution < -0.4 is 5.32 Å². The Bertz CT molecular complexity index is 526. The fraction of sp³-hybridized carbons (Fsp3) is 0.100. The van der Waals surface area contributed by atoms with Gasteiger partial charge in [0.2, 0.25) is 0 Å². The van der Waals surface area contributed by atoms with Crippen molar-refractivity contribution in [2.45, 2.75) is 6.92 Å². The predicted octanol–water partition coefficient (Wildman–Crippen LogP) is 2.86. The molecule has 0 saturated carbocycles. The van der Waals surface area contributed by atoms with Gasteiger partial charge in [-0.1, -0.05) is 0 Å². The number of nitrogens with one attached hydrogen (secondary N) is 1. The first-order valence-electron chi connectivity index (χ1n) is 4.50. The Hall–Kier alpha value is -1.27. The molecule has 1 amide bonds. The van der Waals surface area contributed by atoms with Gasteiger partial charge < -0.3 is 5.32 Å². The number of carbonyl (C=O) groups is 1. The number of hydrogen-bond donors (Lipinski definition) is 1. The SMILES string of the molecule is Cc1ncc(C(=O)Nc2ccncc2Br)s1. The summed E-state index contributed by atoms with van der Waals surface area (Å²) in [5.74, 6) is -0.155. The molecule has 2 aromatic heterocycles. The molecule has 2 heterocycles. The van der Waals surface area contributed by atoms with Crippen molar-refractivity contribution in [1.29, 1.82) is 0 Å². The minimum absolute atomic E-state index is 0.155. The summed E-state index contributed by atoms with van der Waals surface area (Å²) >= 11 is 4.68. The van der Waals surface area contributed by atoms with Gasteiger partial charge in [-0.2, -0.15) is 0 Å². The van der Waals surface area contributed by atoms with Crippen LogP contribution in [0.3, 0.4) is 0 Å². The predicted molar refractivity (Wildman–Crippen MR) is 66.7 cm³/mol.